The minimum Gasteiger partial charge on any atom is -0.300 e. The Morgan fingerprint density at radius 3 is 1.73 bits per heavy atom. The van der Waals surface area contributed by atoms with Crippen molar-refractivity contribution in [2.45, 2.75) is 19.3 Å². The molecule has 1 aliphatic heterocycles. The van der Waals surface area contributed by atoms with Gasteiger partial charge >= 0.3 is 0 Å². The second-order valence-corrected chi connectivity index (χ2v) is 5.58. The van der Waals surface area contributed by atoms with Crippen LogP contribution in [0.2, 0.25) is 0 Å². The number of hydrogen-bond donors (Lipinski definition) is 1. The highest BCUT2D eigenvalue weighted by molar-refractivity contribution is 5.57. The van der Waals surface area contributed by atoms with Crippen molar-refractivity contribution in [3.8, 4) is 0 Å². The molecule has 1 heterocycles. The van der Waals surface area contributed by atoms with Crippen LogP contribution in [0.4, 0.5) is 0 Å². The van der Waals surface area contributed by atoms with Crippen molar-refractivity contribution < 1.29 is 4.79 Å². The van der Waals surface area contributed by atoms with E-state index in [-0.39, 0.29) is 6.17 Å². The molecule has 1 aliphatic rings. The number of rotatable bonds is 5. The van der Waals surface area contributed by atoms with Crippen LogP contribution in [-0.4, -0.2) is 35.6 Å². The van der Waals surface area contributed by atoms with Crippen LogP contribution in [0, 0.1) is 0 Å². The Morgan fingerprint density at radius 2 is 1.32 bits per heavy atom. The van der Waals surface area contributed by atoms with Crippen molar-refractivity contribution in [2.24, 2.45) is 0 Å². The molecule has 0 radical (unpaired) electrons. The van der Waals surface area contributed by atoms with E-state index < -0.39 is 0 Å². The van der Waals surface area contributed by atoms with Crippen molar-refractivity contribution in [1.82, 2.24) is 15.1 Å². The van der Waals surface area contributed by atoms with Gasteiger partial charge in [0.2, 0.25) is 0 Å². The van der Waals surface area contributed by atoms with E-state index in [0.717, 1.165) is 32.7 Å². The Bertz CT molecular complexity index is 538. The minimum atomic E-state index is -0.193. The molecule has 0 spiro atoms. The minimum absolute atomic E-state index is 0.193. The fourth-order valence-electron chi connectivity index (χ4n) is 2.86. The van der Waals surface area contributed by atoms with Crippen LogP contribution in [0.3, 0.4) is 0 Å². The maximum atomic E-state index is 11.7. The average molecular weight is 295 g/mol. The number of nitrogens with one attached hydrogen (secondary N) is 1. The number of aldehydes is 1. The Labute approximate surface area is 131 Å². The molecule has 114 valence electrons. The normalized spacial score (nSPS) is 17.5. The summed E-state index contributed by atoms with van der Waals surface area (Å²) in [6.45, 7) is 2.98. The van der Waals surface area contributed by atoms with Gasteiger partial charge in [-0.15, -0.1) is 0 Å². The van der Waals surface area contributed by atoms with E-state index in [4.69, 9.17) is 0 Å². The summed E-state index contributed by atoms with van der Waals surface area (Å²) in [5.74, 6) is 0. The van der Waals surface area contributed by atoms with Crippen LogP contribution in [-0.2, 0) is 17.9 Å². The summed E-state index contributed by atoms with van der Waals surface area (Å²) in [6.07, 6.45) is 0.855. The van der Waals surface area contributed by atoms with Crippen molar-refractivity contribution in [2.75, 3.05) is 13.3 Å². The van der Waals surface area contributed by atoms with Crippen LogP contribution in [0.5, 0.6) is 0 Å². The second-order valence-electron chi connectivity index (χ2n) is 5.58. The standard InChI is InChI=1S/C18H21N3O/c22-13-18-20(11-16-7-3-1-4-8-16)14-19-15-21(18)12-17-9-5-2-6-10-17/h1-10,13,18-19H,11-12,14-15H2. The molecule has 4 heteroatoms. The van der Waals surface area contributed by atoms with Gasteiger partial charge in [-0.25, -0.2) is 0 Å². The number of carbonyl (C=O) groups excluding carboxylic acids is 1. The predicted molar refractivity (Wildman–Crippen MR) is 86.7 cm³/mol. The lowest BCUT2D eigenvalue weighted by Gasteiger charge is -2.41. The summed E-state index contributed by atoms with van der Waals surface area (Å²) in [4.78, 5) is 16.0. The largest absolute Gasteiger partial charge is 0.300 e. The smallest absolute Gasteiger partial charge is 0.152 e. The maximum absolute atomic E-state index is 11.7. The van der Waals surface area contributed by atoms with E-state index in [1.165, 1.54) is 11.1 Å². The SMILES string of the molecule is O=CC1N(Cc2ccccc2)CNCN1Cc1ccccc1. The molecule has 0 unspecified atom stereocenters. The van der Waals surface area contributed by atoms with Gasteiger partial charge in [-0.3, -0.25) is 15.1 Å². The Kier molecular flexibility index (Phi) is 4.96. The molecule has 0 atom stereocenters. The molecule has 22 heavy (non-hydrogen) atoms. The van der Waals surface area contributed by atoms with Crippen molar-refractivity contribution in [3.63, 3.8) is 0 Å². The number of hydrogen-bond acceptors (Lipinski definition) is 4. The molecule has 4 nitrogen and oxygen atoms in total. The number of carbonyl (C=O) groups is 1. The van der Waals surface area contributed by atoms with Gasteiger partial charge in [0.1, 0.15) is 6.17 Å². The van der Waals surface area contributed by atoms with Crippen LogP contribution >= 0.6 is 0 Å². The number of benzene rings is 2. The fourth-order valence-corrected chi connectivity index (χ4v) is 2.86. The van der Waals surface area contributed by atoms with E-state index in [0.29, 0.717) is 0 Å². The molecule has 1 N–H and O–H groups in total. The van der Waals surface area contributed by atoms with Gasteiger partial charge < -0.3 is 4.79 Å². The highest BCUT2D eigenvalue weighted by Crippen LogP contribution is 2.15. The molecule has 2 aromatic carbocycles. The first-order chi connectivity index (χ1) is 10.9. The molecular weight excluding hydrogens is 274 g/mol. The monoisotopic (exact) mass is 295 g/mol. The Hall–Kier alpha value is -2.01. The molecule has 0 saturated carbocycles. The molecule has 2 aromatic rings. The third-order valence-corrected chi connectivity index (χ3v) is 3.96. The van der Waals surface area contributed by atoms with Gasteiger partial charge in [0.05, 0.1) is 13.3 Å². The lowest BCUT2D eigenvalue weighted by atomic mass is 10.2. The lowest BCUT2D eigenvalue weighted by Crippen LogP contribution is -2.59. The summed E-state index contributed by atoms with van der Waals surface area (Å²) in [5.41, 5.74) is 2.44. The molecule has 0 aliphatic carbocycles. The topological polar surface area (TPSA) is 35.6 Å². The van der Waals surface area contributed by atoms with E-state index in [9.17, 15) is 4.79 Å². The number of nitrogens with zero attached hydrogens (tertiary/aromatic N) is 2. The summed E-state index contributed by atoms with van der Waals surface area (Å²) in [6, 6.07) is 20.5. The van der Waals surface area contributed by atoms with Crippen LogP contribution in [0.15, 0.2) is 60.7 Å². The van der Waals surface area contributed by atoms with Gasteiger partial charge in [-0.1, -0.05) is 60.7 Å². The van der Waals surface area contributed by atoms with E-state index in [2.05, 4.69) is 39.4 Å². The molecule has 3 rings (SSSR count). The van der Waals surface area contributed by atoms with Gasteiger partial charge in [0.15, 0.2) is 6.29 Å². The zero-order chi connectivity index (χ0) is 15.2. The summed E-state index contributed by atoms with van der Waals surface area (Å²) < 4.78 is 0. The summed E-state index contributed by atoms with van der Waals surface area (Å²) >= 11 is 0. The van der Waals surface area contributed by atoms with Gasteiger partial charge in [-0.05, 0) is 11.1 Å². The molecule has 1 fully saturated rings. The van der Waals surface area contributed by atoms with E-state index in [1.54, 1.807) is 0 Å². The Morgan fingerprint density at radius 1 is 0.864 bits per heavy atom. The lowest BCUT2D eigenvalue weighted by molar-refractivity contribution is -0.124. The summed E-state index contributed by atoms with van der Waals surface area (Å²) in [5, 5.41) is 3.38. The van der Waals surface area contributed by atoms with Crippen LogP contribution in [0.1, 0.15) is 11.1 Å². The molecule has 0 amide bonds. The maximum Gasteiger partial charge on any atom is 0.152 e. The van der Waals surface area contributed by atoms with E-state index >= 15 is 0 Å². The zero-order valence-corrected chi connectivity index (χ0v) is 12.6. The van der Waals surface area contributed by atoms with Gasteiger partial charge in [-0.2, -0.15) is 0 Å². The van der Waals surface area contributed by atoms with Crippen LogP contribution < -0.4 is 5.32 Å². The van der Waals surface area contributed by atoms with Crippen molar-refractivity contribution >= 4 is 6.29 Å². The molecular formula is C18H21N3O. The average Bonchev–Trinajstić information content (AvgIpc) is 2.57. The predicted octanol–water partition coefficient (Wildman–Crippen LogP) is 2.03. The highest BCUT2D eigenvalue weighted by atomic mass is 16.1. The first kappa shape index (κ1) is 14.9. The highest BCUT2D eigenvalue weighted by Gasteiger charge is 2.28. The van der Waals surface area contributed by atoms with Crippen molar-refractivity contribution in [3.05, 3.63) is 71.8 Å². The van der Waals surface area contributed by atoms with Gasteiger partial charge in [0, 0.05) is 13.1 Å². The third kappa shape index (κ3) is 3.60. The van der Waals surface area contributed by atoms with Gasteiger partial charge in [0.25, 0.3) is 0 Å². The van der Waals surface area contributed by atoms with Crippen LogP contribution in [0.25, 0.3) is 0 Å². The Balaban J connectivity index is 1.71. The first-order valence-electron chi connectivity index (χ1n) is 7.59. The van der Waals surface area contributed by atoms with E-state index in [1.807, 2.05) is 36.4 Å². The summed E-state index contributed by atoms with van der Waals surface area (Å²) in [7, 11) is 0. The quantitative estimate of drug-likeness (QED) is 0.856. The third-order valence-electron chi connectivity index (χ3n) is 3.96. The zero-order valence-electron chi connectivity index (χ0n) is 12.6. The molecule has 0 aromatic heterocycles. The molecule has 1 saturated heterocycles. The van der Waals surface area contributed by atoms with Crippen molar-refractivity contribution in [1.29, 1.82) is 0 Å². The molecule has 0 bridgehead atoms. The fraction of sp³-hybridized carbons (Fsp3) is 0.278. The first-order valence-corrected chi connectivity index (χ1v) is 7.59. The second kappa shape index (κ2) is 7.31.